The van der Waals surface area contributed by atoms with Gasteiger partial charge < -0.3 is 14.5 Å². The van der Waals surface area contributed by atoms with E-state index in [1.807, 2.05) is 17.3 Å². The Morgan fingerprint density at radius 1 is 1.33 bits per heavy atom. The van der Waals surface area contributed by atoms with E-state index in [2.05, 4.69) is 22.9 Å². The van der Waals surface area contributed by atoms with Crippen LogP contribution in [0.25, 0.3) is 0 Å². The number of anilines is 1. The molecule has 0 aromatic carbocycles. The highest BCUT2D eigenvalue weighted by Crippen LogP contribution is 2.21. The zero-order valence-electron chi connectivity index (χ0n) is 12.6. The molecule has 2 aliphatic heterocycles. The molecule has 114 valence electrons. The number of rotatable bonds is 2. The van der Waals surface area contributed by atoms with Gasteiger partial charge in [0, 0.05) is 50.9 Å². The van der Waals surface area contributed by atoms with E-state index < -0.39 is 0 Å². The zero-order valence-corrected chi connectivity index (χ0v) is 12.6. The lowest BCUT2D eigenvalue weighted by Crippen LogP contribution is -2.39. The molecular formula is C16H23N3O2. The lowest BCUT2D eigenvalue weighted by atomic mass is 10.1. The molecular weight excluding hydrogens is 266 g/mol. The Kier molecular flexibility index (Phi) is 4.39. The molecule has 0 N–H and O–H groups in total. The summed E-state index contributed by atoms with van der Waals surface area (Å²) < 4.78 is 5.34. The van der Waals surface area contributed by atoms with Crippen LogP contribution in [0.2, 0.25) is 0 Å². The quantitative estimate of drug-likeness (QED) is 0.827. The molecule has 3 rings (SSSR count). The highest BCUT2D eigenvalue weighted by molar-refractivity contribution is 5.79. The number of pyridine rings is 1. The average molecular weight is 289 g/mol. The third kappa shape index (κ3) is 3.18. The molecule has 1 aromatic rings. The second-order valence-electron chi connectivity index (χ2n) is 5.89. The Balaban J connectivity index is 1.64. The number of amides is 1. The number of carbonyl (C=O) groups excluding carboxylic acids is 1. The number of ether oxygens (including phenoxy) is 1. The van der Waals surface area contributed by atoms with E-state index in [4.69, 9.17) is 4.74 Å². The number of nitrogens with zero attached hydrogens (tertiary/aromatic N) is 3. The van der Waals surface area contributed by atoms with E-state index in [1.165, 1.54) is 11.3 Å². The molecule has 0 bridgehead atoms. The van der Waals surface area contributed by atoms with Gasteiger partial charge >= 0.3 is 0 Å². The monoisotopic (exact) mass is 289 g/mol. The van der Waals surface area contributed by atoms with Crippen molar-refractivity contribution in [1.29, 1.82) is 0 Å². The summed E-state index contributed by atoms with van der Waals surface area (Å²) >= 11 is 0. The van der Waals surface area contributed by atoms with Gasteiger partial charge in [-0.05, 0) is 31.4 Å². The molecule has 0 saturated carbocycles. The molecule has 2 fully saturated rings. The van der Waals surface area contributed by atoms with Crippen molar-refractivity contribution < 1.29 is 9.53 Å². The van der Waals surface area contributed by atoms with Crippen LogP contribution in [0.1, 0.15) is 18.4 Å². The van der Waals surface area contributed by atoms with Crippen molar-refractivity contribution in [2.45, 2.75) is 19.8 Å². The predicted octanol–water partition coefficient (Wildman–Crippen LogP) is 1.47. The standard InChI is InChI=1S/C16H23N3O2/c1-13-11-17-5-3-15(13)18-6-2-7-19(9-8-18)16(20)14-4-10-21-12-14/h3,5,11,14H,2,4,6-10,12H2,1H3/t14-/m1/s1. The molecule has 1 amide bonds. The SMILES string of the molecule is Cc1cnccc1N1CCCN(C(=O)[C@@H]2CCOC2)CC1. The van der Waals surface area contributed by atoms with Crippen LogP contribution in [0.3, 0.4) is 0 Å². The zero-order chi connectivity index (χ0) is 14.7. The van der Waals surface area contributed by atoms with Crippen molar-refractivity contribution in [3.8, 4) is 0 Å². The van der Waals surface area contributed by atoms with Gasteiger partial charge in [-0.2, -0.15) is 0 Å². The first-order chi connectivity index (χ1) is 10.3. The highest BCUT2D eigenvalue weighted by Gasteiger charge is 2.29. The third-order valence-electron chi connectivity index (χ3n) is 4.42. The van der Waals surface area contributed by atoms with Gasteiger partial charge in [0.2, 0.25) is 5.91 Å². The summed E-state index contributed by atoms with van der Waals surface area (Å²) in [7, 11) is 0. The van der Waals surface area contributed by atoms with Gasteiger partial charge in [0.15, 0.2) is 0 Å². The van der Waals surface area contributed by atoms with Crippen LogP contribution in [-0.2, 0) is 9.53 Å². The van der Waals surface area contributed by atoms with E-state index in [0.717, 1.165) is 45.6 Å². The molecule has 0 spiro atoms. The summed E-state index contributed by atoms with van der Waals surface area (Å²) in [5.41, 5.74) is 2.44. The molecule has 5 heteroatoms. The number of aromatic nitrogens is 1. The molecule has 1 atom stereocenters. The van der Waals surface area contributed by atoms with Crippen LogP contribution < -0.4 is 4.90 Å². The maximum absolute atomic E-state index is 12.5. The molecule has 21 heavy (non-hydrogen) atoms. The first-order valence-electron chi connectivity index (χ1n) is 7.78. The largest absolute Gasteiger partial charge is 0.381 e. The Morgan fingerprint density at radius 2 is 2.24 bits per heavy atom. The summed E-state index contributed by atoms with van der Waals surface area (Å²) in [6.45, 7) is 6.97. The van der Waals surface area contributed by atoms with Crippen LogP contribution in [0.4, 0.5) is 5.69 Å². The first kappa shape index (κ1) is 14.3. The maximum Gasteiger partial charge on any atom is 0.228 e. The highest BCUT2D eigenvalue weighted by atomic mass is 16.5. The molecule has 2 saturated heterocycles. The van der Waals surface area contributed by atoms with Crippen LogP contribution in [0, 0.1) is 12.8 Å². The molecule has 0 aliphatic carbocycles. The van der Waals surface area contributed by atoms with Crippen LogP contribution >= 0.6 is 0 Å². The van der Waals surface area contributed by atoms with E-state index in [-0.39, 0.29) is 11.8 Å². The van der Waals surface area contributed by atoms with Crippen LogP contribution in [-0.4, -0.2) is 55.2 Å². The van der Waals surface area contributed by atoms with Gasteiger partial charge in [0.1, 0.15) is 0 Å². The minimum Gasteiger partial charge on any atom is -0.381 e. The predicted molar refractivity (Wildman–Crippen MR) is 81.3 cm³/mol. The Labute approximate surface area is 125 Å². The summed E-state index contributed by atoms with van der Waals surface area (Å²) in [4.78, 5) is 21.0. The normalized spacial score (nSPS) is 23.2. The molecule has 0 unspecified atom stereocenters. The minimum atomic E-state index is 0.0826. The van der Waals surface area contributed by atoms with E-state index in [1.54, 1.807) is 0 Å². The number of hydrogen-bond acceptors (Lipinski definition) is 4. The van der Waals surface area contributed by atoms with E-state index in [0.29, 0.717) is 6.61 Å². The van der Waals surface area contributed by atoms with E-state index in [9.17, 15) is 4.79 Å². The van der Waals surface area contributed by atoms with Crippen molar-refractivity contribution in [2.75, 3.05) is 44.3 Å². The Hall–Kier alpha value is -1.62. The lowest BCUT2D eigenvalue weighted by molar-refractivity contribution is -0.135. The molecule has 0 radical (unpaired) electrons. The van der Waals surface area contributed by atoms with Gasteiger partial charge in [-0.1, -0.05) is 0 Å². The summed E-state index contributed by atoms with van der Waals surface area (Å²) in [5.74, 6) is 0.361. The molecule has 3 heterocycles. The smallest absolute Gasteiger partial charge is 0.228 e. The third-order valence-corrected chi connectivity index (χ3v) is 4.42. The van der Waals surface area contributed by atoms with Gasteiger partial charge in [-0.25, -0.2) is 0 Å². The van der Waals surface area contributed by atoms with Gasteiger partial charge in [0.05, 0.1) is 12.5 Å². The second kappa shape index (κ2) is 6.43. The summed E-state index contributed by atoms with van der Waals surface area (Å²) in [6.07, 6.45) is 5.63. The van der Waals surface area contributed by atoms with Gasteiger partial charge in [-0.3, -0.25) is 9.78 Å². The van der Waals surface area contributed by atoms with Gasteiger partial charge in [0.25, 0.3) is 0 Å². The van der Waals surface area contributed by atoms with Crippen LogP contribution in [0.15, 0.2) is 18.5 Å². The van der Waals surface area contributed by atoms with Crippen molar-refractivity contribution >= 4 is 11.6 Å². The lowest BCUT2D eigenvalue weighted by Gasteiger charge is -2.25. The number of aryl methyl sites for hydroxylation is 1. The van der Waals surface area contributed by atoms with Gasteiger partial charge in [-0.15, -0.1) is 0 Å². The fourth-order valence-electron chi connectivity index (χ4n) is 3.19. The van der Waals surface area contributed by atoms with Crippen molar-refractivity contribution in [2.24, 2.45) is 5.92 Å². The van der Waals surface area contributed by atoms with Crippen molar-refractivity contribution in [1.82, 2.24) is 9.88 Å². The maximum atomic E-state index is 12.5. The average Bonchev–Trinajstić information content (AvgIpc) is 2.92. The fraction of sp³-hybridized carbons (Fsp3) is 0.625. The topological polar surface area (TPSA) is 45.7 Å². The van der Waals surface area contributed by atoms with Crippen molar-refractivity contribution in [3.63, 3.8) is 0 Å². The first-order valence-corrected chi connectivity index (χ1v) is 7.78. The molecule has 2 aliphatic rings. The van der Waals surface area contributed by atoms with Crippen LogP contribution in [0.5, 0.6) is 0 Å². The second-order valence-corrected chi connectivity index (χ2v) is 5.89. The minimum absolute atomic E-state index is 0.0826. The summed E-state index contributed by atoms with van der Waals surface area (Å²) in [5, 5.41) is 0. The molecule has 1 aromatic heterocycles. The molecule has 5 nitrogen and oxygen atoms in total. The Bertz CT molecular complexity index is 500. The van der Waals surface area contributed by atoms with E-state index >= 15 is 0 Å². The number of hydrogen-bond donors (Lipinski definition) is 0. The fourth-order valence-corrected chi connectivity index (χ4v) is 3.19. The number of carbonyl (C=O) groups is 1. The van der Waals surface area contributed by atoms with Crippen molar-refractivity contribution in [3.05, 3.63) is 24.0 Å². The summed E-state index contributed by atoms with van der Waals surface area (Å²) in [6, 6.07) is 2.07. The Morgan fingerprint density at radius 3 is 3.00 bits per heavy atom.